The van der Waals surface area contributed by atoms with Crippen molar-refractivity contribution in [2.24, 2.45) is 5.41 Å². The third-order valence-electron chi connectivity index (χ3n) is 6.57. The average Bonchev–Trinajstić information content (AvgIpc) is 2.58. The second-order valence-corrected chi connectivity index (χ2v) is 9.95. The lowest BCUT2D eigenvalue weighted by atomic mass is 9.63. The molecule has 1 spiro atoms. The molecule has 2 atom stereocenters. The van der Waals surface area contributed by atoms with E-state index in [1.54, 1.807) is 13.8 Å². The van der Waals surface area contributed by atoms with Gasteiger partial charge in [0.25, 0.3) is 0 Å². The summed E-state index contributed by atoms with van der Waals surface area (Å²) in [5.41, 5.74) is 2.39. The van der Waals surface area contributed by atoms with Crippen molar-refractivity contribution in [3.05, 3.63) is 23.3 Å². The van der Waals surface area contributed by atoms with Crippen molar-refractivity contribution in [1.29, 1.82) is 0 Å². The van der Waals surface area contributed by atoms with Crippen LogP contribution >= 0.6 is 0 Å². The molecule has 3 N–H and O–H groups in total. The standard InChI is InChI=1S/C23H38O4/c1-22(2,26)16-27-21-7-10-23(11-8-21)9-3-4-17(15-23)5-6-18-12-19(24)14-20(25)13-18/h5-6,19-21,24-26H,3-4,7-16H2,1-2H3/b17-5-/t19-,20-,21?,23?/m1/s1. The van der Waals surface area contributed by atoms with Crippen LogP contribution in [0.4, 0.5) is 0 Å². The maximum absolute atomic E-state index is 9.86. The Morgan fingerprint density at radius 3 is 2.30 bits per heavy atom. The van der Waals surface area contributed by atoms with Crippen LogP contribution in [0.25, 0.3) is 0 Å². The molecule has 3 rings (SSSR count). The summed E-state index contributed by atoms with van der Waals surface area (Å²) >= 11 is 0. The van der Waals surface area contributed by atoms with E-state index in [0.29, 0.717) is 37.4 Å². The lowest BCUT2D eigenvalue weighted by Gasteiger charge is -2.44. The Morgan fingerprint density at radius 2 is 1.67 bits per heavy atom. The van der Waals surface area contributed by atoms with Crippen LogP contribution in [0.15, 0.2) is 23.3 Å². The summed E-state index contributed by atoms with van der Waals surface area (Å²) in [5.74, 6) is 0. The highest BCUT2D eigenvalue weighted by atomic mass is 16.5. The van der Waals surface area contributed by atoms with E-state index < -0.39 is 17.8 Å². The minimum atomic E-state index is -0.746. The van der Waals surface area contributed by atoms with E-state index in [2.05, 4.69) is 12.2 Å². The molecule has 3 aliphatic rings. The Balaban J connectivity index is 1.53. The minimum absolute atomic E-state index is 0.295. The summed E-state index contributed by atoms with van der Waals surface area (Å²) in [6, 6.07) is 0. The normalized spacial score (nSPS) is 37.0. The fourth-order valence-electron chi connectivity index (χ4n) is 5.15. The number of rotatable bonds is 4. The van der Waals surface area contributed by atoms with Gasteiger partial charge in [0.05, 0.1) is 30.5 Å². The number of aliphatic hydroxyl groups excluding tert-OH is 2. The molecule has 3 fully saturated rings. The number of ether oxygens (including phenoxy) is 1. The average molecular weight is 379 g/mol. The van der Waals surface area contributed by atoms with Gasteiger partial charge in [0.1, 0.15) is 0 Å². The smallest absolute Gasteiger partial charge is 0.0824 e. The highest BCUT2D eigenvalue weighted by molar-refractivity contribution is 5.22. The molecule has 4 nitrogen and oxygen atoms in total. The van der Waals surface area contributed by atoms with Gasteiger partial charge in [0, 0.05) is 0 Å². The maximum atomic E-state index is 9.86. The Bertz CT molecular complexity index is 537. The summed E-state index contributed by atoms with van der Waals surface area (Å²) < 4.78 is 5.93. The first-order valence-electron chi connectivity index (χ1n) is 10.8. The third-order valence-corrected chi connectivity index (χ3v) is 6.57. The van der Waals surface area contributed by atoms with Gasteiger partial charge in [0.2, 0.25) is 0 Å². The van der Waals surface area contributed by atoms with Crippen molar-refractivity contribution < 1.29 is 20.1 Å². The molecule has 154 valence electrons. The molecule has 0 aliphatic heterocycles. The molecule has 0 aromatic rings. The Kier molecular flexibility index (Phi) is 6.83. The van der Waals surface area contributed by atoms with Gasteiger partial charge in [-0.05, 0) is 89.9 Å². The van der Waals surface area contributed by atoms with Crippen LogP contribution in [0.5, 0.6) is 0 Å². The molecule has 0 aromatic carbocycles. The van der Waals surface area contributed by atoms with Crippen LogP contribution in [-0.2, 0) is 4.74 Å². The van der Waals surface area contributed by atoms with Crippen molar-refractivity contribution in [2.75, 3.05) is 6.61 Å². The highest BCUT2D eigenvalue weighted by Gasteiger charge is 2.38. The quantitative estimate of drug-likeness (QED) is 0.691. The van der Waals surface area contributed by atoms with Crippen molar-refractivity contribution >= 4 is 0 Å². The lowest BCUT2D eigenvalue weighted by molar-refractivity contribution is -0.0751. The Hall–Kier alpha value is -0.680. The summed E-state index contributed by atoms with van der Waals surface area (Å²) in [6.45, 7) is 4.02. The highest BCUT2D eigenvalue weighted by Crippen LogP contribution is 2.49. The number of allylic oxidation sites excluding steroid dienone is 3. The van der Waals surface area contributed by atoms with Crippen LogP contribution in [0.3, 0.4) is 0 Å². The van der Waals surface area contributed by atoms with Crippen LogP contribution in [-0.4, -0.2) is 45.8 Å². The van der Waals surface area contributed by atoms with Crippen LogP contribution < -0.4 is 0 Å². The largest absolute Gasteiger partial charge is 0.393 e. The van der Waals surface area contributed by atoms with Gasteiger partial charge in [-0.25, -0.2) is 0 Å². The van der Waals surface area contributed by atoms with E-state index in [1.165, 1.54) is 49.7 Å². The molecule has 3 saturated carbocycles. The second kappa shape index (κ2) is 8.77. The van der Waals surface area contributed by atoms with Crippen LogP contribution in [0, 0.1) is 5.41 Å². The maximum Gasteiger partial charge on any atom is 0.0824 e. The first-order valence-corrected chi connectivity index (χ1v) is 10.8. The van der Waals surface area contributed by atoms with E-state index in [4.69, 9.17) is 4.74 Å². The molecule has 0 aromatic heterocycles. The zero-order chi connectivity index (χ0) is 19.5. The molecule has 0 radical (unpaired) electrons. The van der Waals surface area contributed by atoms with Gasteiger partial charge < -0.3 is 20.1 Å². The van der Waals surface area contributed by atoms with E-state index >= 15 is 0 Å². The summed E-state index contributed by atoms with van der Waals surface area (Å²) in [6.07, 6.45) is 15.4. The molecular weight excluding hydrogens is 340 g/mol. The van der Waals surface area contributed by atoms with Crippen molar-refractivity contribution in [3.8, 4) is 0 Å². The first kappa shape index (κ1) is 21.0. The van der Waals surface area contributed by atoms with Crippen molar-refractivity contribution in [2.45, 2.75) is 108 Å². The van der Waals surface area contributed by atoms with E-state index in [-0.39, 0.29) is 0 Å². The summed E-state index contributed by atoms with van der Waals surface area (Å²) in [5, 5.41) is 29.6. The van der Waals surface area contributed by atoms with Crippen molar-refractivity contribution in [1.82, 2.24) is 0 Å². The third kappa shape index (κ3) is 6.42. The van der Waals surface area contributed by atoms with Gasteiger partial charge in [-0.15, -0.1) is 0 Å². The minimum Gasteiger partial charge on any atom is -0.393 e. The molecule has 0 bridgehead atoms. The van der Waals surface area contributed by atoms with Gasteiger partial charge in [-0.3, -0.25) is 0 Å². The molecule has 0 unspecified atom stereocenters. The SMILES string of the molecule is CC(C)(O)COC1CCC2(CCC/C(=C/C=C3C[C@@H](O)C[C@H](O)C3)C2)CC1. The zero-order valence-electron chi connectivity index (χ0n) is 17.1. The second-order valence-electron chi connectivity index (χ2n) is 9.95. The van der Waals surface area contributed by atoms with E-state index in [1.807, 2.05) is 0 Å². The fourth-order valence-corrected chi connectivity index (χ4v) is 5.15. The predicted octanol–water partition coefficient (Wildman–Crippen LogP) is 4.04. The molecule has 0 heterocycles. The van der Waals surface area contributed by atoms with E-state index in [0.717, 1.165) is 12.8 Å². The Morgan fingerprint density at radius 1 is 1.04 bits per heavy atom. The van der Waals surface area contributed by atoms with Crippen LogP contribution in [0.1, 0.15) is 84.5 Å². The lowest BCUT2D eigenvalue weighted by Crippen LogP contribution is -2.36. The number of hydrogen-bond donors (Lipinski definition) is 3. The van der Waals surface area contributed by atoms with Gasteiger partial charge in [0.15, 0.2) is 0 Å². The van der Waals surface area contributed by atoms with Gasteiger partial charge in [-0.2, -0.15) is 0 Å². The van der Waals surface area contributed by atoms with Gasteiger partial charge >= 0.3 is 0 Å². The van der Waals surface area contributed by atoms with E-state index in [9.17, 15) is 15.3 Å². The van der Waals surface area contributed by atoms with Gasteiger partial charge in [-0.1, -0.05) is 23.3 Å². The zero-order valence-corrected chi connectivity index (χ0v) is 17.1. The molecular formula is C23H38O4. The number of hydrogen-bond acceptors (Lipinski definition) is 4. The fraction of sp³-hybridized carbons (Fsp3) is 0.826. The first-order chi connectivity index (χ1) is 12.7. The predicted molar refractivity (Wildman–Crippen MR) is 107 cm³/mol. The molecule has 27 heavy (non-hydrogen) atoms. The monoisotopic (exact) mass is 378 g/mol. The number of aliphatic hydroxyl groups is 3. The molecule has 4 heteroatoms. The molecule has 0 saturated heterocycles. The Labute approximate surface area is 164 Å². The summed E-state index contributed by atoms with van der Waals surface area (Å²) in [7, 11) is 0. The van der Waals surface area contributed by atoms with Crippen LogP contribution in [0.2, 0.25) is 0 Å². The van der Waals surface area contributed by atoms with Crippen molar-refractivity contribution in [3.63, 3.8) is 0 Å². The topological polar surface area (TPSA) is 69.9 Å². The summed E-state index contributed by atoms with van der Waals surface area (Å²) in [4.78, 5) is 0. The molecule has 3 aliphatic carbocycles. The molecule has 0 amide bonds.